The molecule has 27 heteroatoms. The molecule has 5 atom stereocenters. The molecule has 2 amide bonds. The molecule has 4 unspecified atom stereocenters. The lowest BCUT2D eigenvalue weighted by molar-refractivity contribution is -0.199. The van der Waals surface area contributed by atoms with Crippen LogP contribution < -0.4 is 25.0 Å². The second-order valence-electron chi connectivity index (χ2n) is 16.0. The van der Waals surface area contributed by atoms with Gasteiger partial charge >= 0.3 is 60.0 Å². The van der Waals surface area contributed by atoms with Crippen molar-refractivity contribution in [1.29, 1.82) is 0 Å². The molecule has 6 rings (SSSR count). The van der Waals surface area contributed by atoms with Crippen LogP contribution in [0.1, 0.15) is 66.7 Å². The number of amides is 2. The van der Waals surface area contributed by atoms with Gasteiger partial charge in [-0.25, -0.2) is 23.2 Å². The molecule has 4 aromatic carbocycles. The topological polar surface area (TPSA) is 259 Å². The first-order valence-electron chi connectivity index (χ1n) is 22.6. The molecule has 19 nitrogen and oxygen atoms in total. The highest BCUT2D eigenvalue weighted by molar-refractivity contribution is 6.20. The van der Waals surface area contributed by atoms with E-state index in [1.165, 1.54) is 23.6 Å². The number of halogens is 8. The summed E-state index contributed by atoms with van der Waals surface area (Å²) in [7, 11) is 0. The zero-order valence-electron chi connectivity index (χ0n) is 40.3. The molecule has 0 aliphatic carbocycles. The van der Waals surface area contributed by atoms with Gasteiger partial charge in [0.2, 0.25) is 11.8 Å². The van der Waals surface area contributed by atoms with Gasteiger partial charge in [-0.2, -0.15) is 17.6 Å². The molecule has 2 aliphatic rings. The van der Waals surface area contributed by atoms with Crippen LogP contribution in [0.2, 0.25) is 0 Å². The number of hydrogen-bond acceptors (Lipinski definition) is 17. The van der Waals surface area contributed by atoms with E-state index in [2.05, 4.69) is 42.1 Å². The van der Waals surface area contributed by atoms with E-state index in [0.29, 0.717) is 11.4 Å². The SMILES string of the molecule is CCC(=O)OC(=O)c1ccc(OC(F)(F)C(F)Cl)cc1.CCC(=O)OC(=O)c1ccc(OC(F)(F)C(F)Cl)cc1.N[C@@H](CC(=O)OC(=O)C1CC(=O)N(c2ccccc2)C1)C(=O)OC(=O)C1CC(=O)N(c2ccccc2)C1. The first-order valence-corrected chi connectivity index (χ1v) is 23.5. The fraction of sp³-hybridized carbons (Fsp3) is 0.320. The maximum Gasteiger partial charge on any atom is 0.444 e. The molecule has 4 aromatic rings. The Hall–Kier alpha value is -7.90. The predicted octanol–water partition coefficient (Wildman–Crippen LogP) is 7.52. The first kappa shape index (κ1) is 61.6. The predicted molar refractivity (Wildman–Crippen MR) is 256 cm³/mol. The van der Waals surface area contributed by atoms with Crippen molar-refractivity contribution in [2.45, 2.75) is 75.5 Å². The summed E-state index contributed by atoms with van der Waals surface area (Å²) < 4.78 is 103. The zero-order chi connectivity index (χ0) is 57.2. The largest absolute Gasteiger partial charge is 0.444 e. The minimum absolute atomic E-state index is 0.0206. The van der Waals surface area contributed by atoms with E-state index in [9.17, 15) is 74.3 Å². The smallest absolute Gasteiger partial charge is 0.429 e. The van der Waals surface area contributed by atoms with Crippen molar-refractivity contribution in [2.24, 2.45) is 17.6 Å². The quantitative estimate of drug-likeness (QED) is 0.0352. The molecular formula is C50H45Cl2F6N3O16. The van der Waals surface area contributed by atoms with Crippen LogP contribution in [0, 0.1) is 11.8 Å². The van der Waals surface area contributed by atoms with Crippen molar-refractivity contribution in [1.82, 2.24) is 0 Å². The summed E-state index contributed by atoms with van der Waals surface area (Å²) in [5, 5.41) is 0. The second kappa shape index (κ2) is 28.3. The molecule has 2 saturated heterocycles. The lowest BCUT2D eigenvalue weighted by Crippen LogP contribution is -2.38. The average molecular weight is 1130 g/mol. The van der Waals surface area contributed by atoms with Crippen LogP contribution in [0.5, 0.6) is 11.5 Å². The van der Waals surface area contributed by atoms with Gasteiger partial charge in [-0.3, -0.25) is 33.6 Å². The molecule has 0 bridgehead atoms. The summed E-state index contributed by atoms with van der Waals surface area (Å²) >= 11 is 9.24. The van der Waals surface area contributed by atoms with Gasteiger partial charge in [-0.1, -0.05) is 73.4 Å². The lowest BCUT2D eigenvalue weighted by Gasteiger charge is -2.17. The Labute approximate surface area is 443 Å². The molecule has 412 valence electrons. The maximum atomic E-state index is 12.8. The summed E-state index contributed by atoms with van der Waals surface area (Å²) in [5.41, 5.74) is 0.841. The van der Waals surface area contributed by atoms with Gasteiger partial charge in [-0.15, -0.1) is 0 Å². The average Bonchev–Trinajstić information content (AvgIpc) is 3.99. The highest BCUT2D eigenvalue weighted by atomic mass is 35.5. The standard InChI is InChI=1S/C26H25N3O8.2C12H10ClF3O4/c27-20(26(35)37-25(34)17-12-22(31)29(15-17)19-9-5-2-6-10-19)13-23(32)36-24(33)16-11-21(30)28(14-16)18-7-3-1-4-8-18;2*1-2-9(17)19-10(18)7-3-5-8(6-4-7)20-12(15,16)11(13)14/h1-10,16-17,20H,11-15,27H2;2*3-6,11H,2H2,1H3/t16?,17?,20-;;/m0../s1. The molecule has 2 fully saturated rings. The number of carbonyl (C=O) groups is 10. The minimum atomic E-state index is -4.19. The molecule has 0 saturated carbocycles. The third-order valence-electron chi connectivity index (χ3n) is 10.3. The fourth-order valence-electron chi connectivity index (χ4n) is 6.39. The van der Waals surface area contributed by atoms with Crippen LogP contribution in [0.25, 0.3) is 0 Å². The van der Waals surface area contributed by atoms with Crippen molar-refractivity contribution in [3.63, 3.8) is 0 Å². The lowest BCUT2D eigenvalue weighted by atomic mass is 10.1. The van der Waals surface area contributed by atoms with E-state index >= 15 is 0 Å². The van der Waals surface area contributed by atoms with Gasteiger partial charge in [0.25, 0.3) is 11.3 Å². The normalized spacial score (nSPS) is 16.2. The molecule has 77 heavy (non-hydrogen) atoms. The third-order valence-corrected chi connectivity index (χ3v) is 10.9. The van der Waals surface area contributed by atoms with E-state index in [-0.39, 0.29) is 61.7 Å². The molecule has 2 N–H and O–H groups in total. The number of carbonyl (C=O) groups excluding carboxylic acids is 10. The first-order chi connectivity index (χ1) is 36.2. The van der Waals surface area contributed by atoms with Crippen LogP contribution in [0.3, 0.4) is 0 Å². The number of nitrogens with two attached hydrogens (primary N) is 1. The van der Waals surface area contributed by atoms with Crippen molar-refractivity contribution >= 4 is 94.1 Å². The summed E-state index contributed by atoms with van der Waals surface area (Å²) in [4.78, 5) is 121. The van der Waals surface area contributed by atoms with Gasteiger partial charge in [0.15, 0.2) is 0 Å². The number of alkyl halides is 8. The van der Waals surface area contributed by atoms with Crippen LogP contribution in [0.4, 0.5) is 37.7 Å². The van der Waals surface area contributed by atoms with E-state index in [0.717, 1.165) is 48.5 Å². The Balaban J connectivity index is 0.000000272. The Morgan fingerprint density at radius 1 is 0.558 bits per heavy atom. The van der Waals surface area contributed by atoms with Crippen LogP contribution in [-0.4, -0.2) is 102 Å². The molecule has 0 spiro atoms. The molecule has 2 aliphatic heterocycles. The number of rotatable bonds is 17. The van der Waals surface area contributed by atoms with E-state index < -0.39 is 107 Å². The number of nitrogens with zero attached hydrogens (tertiary/aromatic N) is 2. The van der Waals surface area contributed by atoms with Gasteiger partial charge in [0.1, 0.15) is 17.5 Å². The summed E-state index contributed by atoms with van der Waals surface area (Å²) in [6, 6.07) is 24.3. The van der Waals surface area contributed by atoms with Crippen LogP contribution >= 0.6 is 23.2 Å². The van der Waals surface area contributed by atoms with Crippen molar-refractivity contribution < 1.29 is 103 Å². The van der Waals surface area contributed by atoms with E-state index in [1.54, 1.807) is 60.7 Å². The maximum absolute atomic E-state index is 12.8. The van der Waals surface area contributed by atoms with E-state index in [1.807, 2.05) is 0 Å². The van der Waals surface area contributed by atoms with E-state index in [4.69, 9.17) is 15.2 Å². The summed E-state index contributed by atoms with van der Waals surface area (Å²) in [6.07, 6.45) is -9.31. The number of esters is 8. The highest BCUT2D eigenvalue weighted by Gasteiger charge is 2.44. The Kier molecular flexibility index (Phi) is 22.7. The third kappa shape index (κ3) is 18.7. The van der Waals surface area contributed by atoms with Gasteiger partial charge in [-0.05, 0) is 72.8 Å². The number of para-hydroxylation sites is 2. The zero-order valence-corrected chi connectivity index (χ0v) is 41.8. The Bertz CT molecular complexity index is 2670. The van der Waals surface area contributed by atoms with Crippen LogP contribution in [0.15, 0.2) is 109 Å². The molecule has 0 radical (unpaired) electrons. The summed E-state index contributed by atoms with van der Waals surface area (Å²) in [5.74, 6) is -10.4. The van der Waals surface area contributed by atoms with Gasteiger partial charge in [0.05, 0.1) is 29.4 Å². The monoisotopic (exact) mass is 1130 g/mol. The van der Waals surface area contributed by atoms with Crippen LogP contribution in [-0.2, 0) is 57.3 Å². The minimum Gasteiger partial charge on any atom is -0.429 e. The molecular weight excluding hydrogens is 1080 g/mol. The van der Waals surface area contributed by atoms with Crippen molar-refractivity contribution in [2.75, 3.05) is 22.9 Å². The van der Waals surface area contributed by atoms with Gasteiger partial charge < -0.3 is 44.0 Å². The van der Waals surface area contributed by atoms with Crippen molar-refractivity contribution in [3.05, 3.63) is 120 Å². The Morgan fingerprint density at radius 2 is 0.909 bits per heavy atom. The second-order valence-corrected chi connectivity index (χ2v) is 16.8. The number of ether oxygens (including phenoxy) is 6. The summed E-state index contributed by atoms with van der Waals surface area (Å²) in [6.45, 7) is 3.11. The number of benzene rings is 4. The molecule has 0 aromatic heterocycles. The number of hydrogen-bond donors (Lipinski definition) is 1. The van der Waals surface area contributed by atoms with Gasteiger partial charge in [0, 0.05) is 50.1 Å². The Morgan fingerprint density at radius 3 is 1.25 bits per heavy atom. The molecule has 2 heterocycles. The highest BCUT2D eigenvalue weighted by Crippen LogP contribution is 2.31. The fourth-order valence-corrected chi connectivity index (χ4v) is 6.48. The number of anilines is 2. The van der Waals surface area contributed by atoms with Crippen molar-refractivity contribution in [3.8, 4) is 11.5 Å².